The average Bonchev–Trinajstić information content (AvgIpc) is 2.85. The molecule has 0 saturated heterocycles. The molecule has 0 atom stereocenters. The van der Waals surface area contributed by atoms with Gasteiger partial charge in [0.25, 0.3) is 0 Å². The van der Waals surface area contributed by atoms with Crippen molar-refractivity contribution in [3.8, 4) is 11.1 Å². The van der Waals surface area contributed by atoms with Gasteiger partial charge in [-0.05, 0) is 30.0 Å². The third kappa shape index (κ3) is 2.99. The van der Waals surface area contributed by atoms with Gasteiger partial charge < -0.3 is 0 Å². The first-order valence-corrected chi connectivity index (χ1v) is 6.68. The average molecular weight is 294 g/mol. The van der Waals surface area contributed by atoms with Crippen LogP contribution in [0, 0.1) is 0 Å². The number of benzene rings is 1. The van der Waals surface area contributed by atoms with E-state index in [1.54, 1.807) is 6.07 Å². The van der Waals surface area contributed by atoms with Gasteiger partial charge in [0, 0.05) is 23.7 Å². The van der Waals surface area contributed by atoms with Crippen LogP contribution >= 0.6 is 0 Å². The fourth-order valence-electron chi connectivity index (χ4n) is 2.59. The minimum absolute atomic E-state index is 0.0979. The topological polar surface area (TPSA) is 34.9 Å². The summed E-state index contributed by atoms with van der Waals surface area (Å²) in [5.41, 5.74) is 3.00. The first kappa shape index (κ1) is 13.9. The number of hydrogen-bond donors (Lipinski definition) is 0. The molecule has 21 heavy (non-hydrogen) atoms. The van der Waals surface area contributed by atoms with E-state index in [0.717, 1.165) is 28.7 Å². The number of halogens is 3. The summed E-state index contributed by atoms with van der Waals surface area (Å²) in [6.07, 6.45) is 0.700. The van der Waals surface area contributed by atoms with E-state index in [-0.39, 0.29) is 5.78 Å². The van der Waals surface area contributed by atoms with Gasteiger partial charge >= 0.3 is 6.18 Å². The van der Waals surface area contributed by atoms with Gasteiger partial charge in [0.1, 0.15) is 6.54 Å². The standard InChI is InChI=1S/C15H13F3N2O/c16-15(17,18)9-20-8-12(7-19-20)11-5-4-10-2-1-3-14(21)13(10)6-11/h4-8H,1-3,9H2. The molecule has 3 nitrogen and oxygen atoms in total. The van der Waals surface area contributed by atoms with E-state index in [1.807, 2.05) is 12.1 Å². The Kier molecular flexibility index (Phi) is 3.31. The second kappa shape index (κ2) is 5.02. The number of aryl methyl sites for hydroxylation is 1. The number of Topliss-reactive ketones (excluding diaryl/α,β-unsaturated/α-hetero) is 1. The van der Waals surface area contributed by atoms with Crippen molar-refractivity contribution in [3.63, 3.8) is 0 Å². The molecule has 0 fully saturated rings. The molecule has 0 radical (unpaired) electrons. The van der Waals surface area contributed by atoms with Gasteiger partial charge in [0.15, 0.2) is 5.78 Å². The van der Waals surface area contributed by atoms with Crippen molar-refractivity contribution in [1.29, 1.82) is 0 Å². The summed E-state index contributed by atoms with van der Waals surface area (Å²) in [5.74, 6) is 0.0979. The van der Waals surface area contributed by atoms with Gasteiger partial charge in [-0.15, -0.1) is 0 Å². The molecule has 1 aliphatic carbocycles. The molecule has 3 rings (SSSR count). The maximum absolute atomic E-state index is 12.3. The minimum Gasteiger partial charge on any atom is -0.294 e. The molecule has 1 aromatic heterocycles. The molecule has 0 aliphatic heterocycles. The lowest BCUT2D eigenvalue weighted by Crippen LogP contribution is -2.17. The number of aromatic nitrogens is 2. The van der Waals surface area contributed by atoms with E-state index in [2.05, 4.69) is 5.10 Å². The molecule has 0 spiro atoms. The van der Waals surface area contributed by atoms with Gasteiger partial charge in [0.05, 0.1) is 6.20 Å². The Hall–Kier alpha value is -2.11. The zero-order chi connectivity index (χ0) is 15.0. The van der Waals surface area contributed by atoms with Gasteiger partial charge in [-0.3, -0.25) is 9.48 Å². The van der Waals surface area contributed by atoms with Crippen LogP contribution in [0.3, 0.4) is 0 Å². The van der Waals surface area contributed by atoms with E-state index < -0.39 is 12.7 Å². The quantitative estimate of drug-likeness (QED) is 0.847. The van der Waals surface area contributed by atoms with E-state index in [1.165, 1.54) is 12.4 Å². The van der Waals surface area contributed by atoms with Crippen LogP contribution in [-0.4, -0.2) is 21.7 Å². The molecule has 0 N–H and O–H groups in total. The van der Waals surface area contributed by atoms with Crippen LogP contribution in [0.15, 0.2) is 30.6 Å². The first-order valence-electron chi connectivity index (χ1n) is 6.68. The van der Waals surface area contributed by atoms with Gasteiger partial charge in [-0.25, -0.2) is 0 Å². The fraction of sp³-hybridized carbons (Fsp3) is 0.333. The Morgan fingerprint density at radius 3 is 2.76 bits per heavy atom. The van der Waals surface area contributed by atoms with Crippen molar-refractivity contribution >= 4 is 5.78 Å². The highest BCUT2D eigenvalue weighted by atomic mass is 19.4. The maximum Gasteiger partial charge on any atom is 0.408 e. The third-order valence-electron chi connectivity index (χ3n) is 3.57. The molecule has 110 valence electrons. The van der Waals surface area contributed by atoms with Crippen molar-refractivity contribution < 1.29 is 18.0 Å². The molecule has 2 aromatic rings. The second-order valence-electron chi connectivity index (χ2n) is 5.19. The highest BCUT2D eigenvalue weighted by Crippen LogP contribution is 2.27. The maximum atomic E-state index is 12.3. The predicted octanol–water partition coefficient (Wildman–Crippen LogP) is 3.63. The molecule has 6 heteroatoms. The van der Waals surface area contributed by atoms with Gasteiger partial charge in [-0.1, -0.05) is 12.1 Å². The number of hydrogen-bond acceptors (Lipinski definition) is 2. The van der Waals surface area contributed by atoms with Gasteiger partial charge in [-0.2, -0.15) is 18.3 Å². The normalized spacial score (nSPS) is 15.1. The molecule has 1 aromatic carbocycles. The van der Waals surface area contributed by atoms with Crippen LogP contribution in [0.1, 0.15) is 28.8 Å². The molecule has 1 heterocycles. The van der Waals surface area contributed by atoms with Gasteiger partial charge in [0.2, 0.25) is 0 Å². The van der Waals surface area contributed by atoms with Crippen LogP contribution in [0.25, 0.3) is 11.1 Å². The number of carbonyl (C=O) groups excluding carboxylic acids is 1. The summed E-state index contributed by atoms with van der Waals surface area (Å²) in [7, 11) is 0. The van der Waals surface area contributed by atoms with Crippen LogP contribution in [0.4, 0.5) is 13.2 Å². The smallest absolute Gasteiger partial charge is 0.294 e. The van der Waals surface area contributed by atoms with Crippen LogP contribution in [0.5, 0.6) is 0 Å². The molecule has 0 amide bonds. The van der Waals surface area contributed by atoms with Crippen molar-refractivity contribution in [1.82, 2.24) is 9.78 Å². The Labute approximate surface area is 119 Å². The number of rotatable bonds is 2. The fourth-order valence-corrected chi connectivity index (χ4v) is 2.59. The van der Waals surface area contributed by atoms with E-state index in [0.29, 0.717) is 17.5 Å². The lowest BCUT2D eigenvalue weighted by molar-refractivity contribution is -0.142. The summed E-state index contributed by atoms with van der Waals surface area (Å²) in [4.78, 5) is 11.9. The lowest BCUT2D eigenvalue weighted by atomic mass is 9.88. The van der Waals surface area contributed by atoms with Crippen molar-refractivity contribution in [3.05, 3.63) is 41.7 Å². The highest BCUT2D eigenvalue weighted by Gasteiger charge is 2.28. The Balaban J connectivity index is 1.91. The largest absolute Gasteiger partial charge is 0.408 e. The number of fused-ring (bicyclic) bond motifs is 1. The number of carbonyl (C=O) groups is 1. The van der Waals surface area contributed by atoms with Crippen LogP contribution in [-0.2, 0) is 13.0 Å². The van der Waals surface area contributed by atoms with E-state index in [4.69, 9.17) is 0 Å². The van der Waals surface area contributed by atoms with Crippen molar-refractivity contribution in [2.24, 2.45) is 0 Å². The number of ketones is 1. The Morgan fingerprint density at radius 2 is 2.00 bits per heavy atom. The summed E-state index contributed by atoms with van der Waals surface area (Å²) in [6.45, 7) is -1.11. The lowest BCUT2D eigenvalue weighted by Gasteiger charge is -2.15. The molecule has 1 aliphatic rings. The van der Waals surface area contributed by atoms with Crippen molar-refractivity contribution in [2.45, 2.75) is 32.0 Å². The summed E-state index contributed by atoms with van der Waals surface area (Å²) >= 11 is 0. The summed E-state index contributed by atoms with van der Waals surface area (Å²) in [6, 6.07) is 5.46. The summed E-state index contributed by atoms with van der Waals surface area (Å²) < 4.78 is 37.8. The first-order chi connectivity index (χ1) is 9.92. The minimum atomic E-state index is -4.30. The molecular weight excluding hydrogens is 281 g/mol. The van der Waals surface area contributed by atoms with Crippen LogP contribution < -0.4 is 0 Å². The molecule has 0 unspecified atom stereocenters. The molecular formula is C15H13F3N2O. The third-order valence-corrected chi connectivity index (χ3v) is 3.57. The monoisotopic (exact) mass is 294 g/mol. The number of alkyl halides is 3. The Morgan fingerprint density at radius 1 is 1.19 bits per heavy atom. The SMILES string of the molecule is O=C1CCCc2ccc(-c3cnn(CC(F)(F)F)c3)cc21. The zero-order valence-electron chi connectivity index (χ0n) is 11.2. The second-order valence-corrected chi connectivity index (χ2v) is 5.19. The van der Waals surface area contributed by atoms with Crippen LogP contribution in [0.2, 0.25) is 0 Å². The molecule has 0 bridgehead atoms. The van der Waals surface area contributed by atoms with E-state index >= 15 is 0 Å². The zero-order valence-corrected chi connectivity index (χ0v) is 11.2. The predicted molar refractivity (Wildman–Crippen MR) is 71.0 cm³/mol. The Bertz CT molecular complexity index is 688. The number of nitrogens with zero attached hydrogens (tertiary/aromatic N) is 2. The van der Waals surface area contributed by atoms with E-state index in [9.17, 15) is 18.0 Å². The summed E-state index contributed by atoms with van der Waals surface area (Å²) in [5, 5.41) is 3.72. The highest BCUT2D eigenvalue weighted by molar-refractivity contribution is 5.99. The van der Waals surface area contributed by atoms with Crippen molar-refractivity contribution in [2.75, 3.05) is 0 Å². The molecule has 0 saturated carbocycles.